The molecule has 0 aliphatic heterocycles. The van der Waals surface area contributed by atoms with Crippen molar-refractivity contribution >= 4 is 16.9 Å². The van der Waals surface area contributed by atoms with Gasteiger partial charge in [0.15, 0.2) is 0 Å². The van der Waals surface area contributed by atoms with Gasteiger partial charge in [0.1, 0.15) is 17.2 Å². The van der Waals surface area contributed by atoms with Gasteiger partial charge in [0.05, 0.1) is 17.5 Å². The van der Waals surface area contributed by atoms with Crippen molar-refractivity contribution in [3.63, 3.8) is 0 Å². The van der Waals surface area contributed by atoms with Crippen molar-refractivity contribution < 1.29 is 13.6 Å². The second kappa shape index (κ2) is 7.71. The molecular weight excluding hydrogens is 373 g/mol. The van der Waals surface area contributed by atoms with Crippen LogP contribution in [-0.2, 0) is 13.1 Å². The molecule has 3 heterocycles. The largest absolute Gasteiger partial charge is 0.460 e. The van der Waals surface area contributed by atoms with Crippen LogP contribution in [-0.4, -0.2) is 15.5 Å². The van der Waals surface area contributed by atoms with E-state index in [-0.39, 0.29) is 41.3 Å². The van der Waals surface area contributed by atoms with Crippen LogP contribution < -0.4 is 10.9 Å². The molecule has 0 unspecified atom stereocenters. The van der Waals surface area contributed by atoms with Crippen LogP contribution in [0.4, 0.5) is 4.39 Å². The first kappa shape index (κ1) is 18.6. The highest BCUT2D eigenvalue weighted by molar-refractivity contribution is 6.06. The van der Waals surface area contributed by atoms with Gasteiger partial charge in [-0.05, 0) is 42.3 Å². The number of hydrogen-bond acceptors (Lipinski definition) is 4. The average Bonchev–Trinajstić information content (AvgIpc) is 3.07. The second-order valence-electron chi connectivity index (χ2n) is 6.69. The van der Waals surface area contributed by atoms with E-state index >= 15 is 0 Å². The quantitative estimate of drug-likeness (QED) is 0.566. The number of halogens is 1. The Kier molecular flexibility index (Phi) is 4.95. The van der Waals surface area contributed by atoms with Crippen LogP contribution in [0.5, 0.6) is 0 Å². The number of rotatable bonds is 5. The fraction of sp³-hybridized carbons (Fsp3) is 0.136. The number of hydrogen-bond donors (Lipinski definition) is 1. The molecule has 146 valence electrons. The Morgan fingerprint density at radius 1 is 1.17 bits per heavy atom. The lowest BCUT2D eigenvalue weighted by atomic mass is 10.1. The van der Waals surface area contributed by atoms with Crippen LogP contribution in [0.2, 0.25) is 0 Å². The van der Waals surface area contributed by atoms with Crippen LogP contribution in [0.15, 0.2) is 70.3 Å². The summed E-state index contributed by atoms with van der Waals surface area (Å²) in [7, 11) is 0. The van der Waals surface area contributed by atoms with Gasteiger partial charge in [0.2, 0.25) is 0 Å². The number of aryl methyl sites for hydroxylation is 1. The van der Waals surface area contributed by atoms with Crippen molar-refractivity contribution in [2.24, 2.45) is 0 Å². The first-order valence-corrected chi connectivity index (χ1v) is 9.07. The third kappa shape index (κ3) is 3.80. The fourth-order valence-electron chi connectivity index (χ4n) is 3.22. The minimum atomic E-state index is -0.387. The van der Waals surface area contributed by atoms with Crippen molar-refractivity contribution in [2.45, 2.75) is 20.0 Å². The lowest BCUT2D eigenvalue weighted by Gasteiger charge is -2.07. The Bertz CT molecular complexity index is 1230. The summed E-state index contributed by atoms with van der Waals surface area (Å²) in [6, 6.07) is 11.2. The van der Waals surface area contributed by atoms with E-state index in [1.54, 1.807) is 49.8 Å². The zero-order valence-corrected chi connectivity index (χ0v) is 15.7. The Morgan fingerprint density at radius 3 is 2.69 bits per heavy atom. The molecule has 0 bridgehead atoms. The summed E-state index contributed by atoms with van der Waals surface area (Å²) in [4.78, 5) is 29.9. The summed E-state index contributed by atoms with van der Waals surface area (Å²) in [5.41, 5.74) is 1.86. The number of fused-ring (bicyclic) bond motifs is 1. The summed E-state index contributed by atoms with van der Waals surface area (Å²) < 4.78 is 20.2. The summed E-state index contributed by atoms with van der Waals surface area (Å²) in [5, 5.41) is 3.04. The monoisotopic (exact) mass is 391 g/mol. The minimum Gasteiger partial charge on any atom is -0.460 e. The van der Waals surface area contributed by atoms with E-state index in [0.717, 1.165) is 11.1 Å². The molecule has 29 heavy (non-hydrogen) atoms. The predicted octanol–water partition coefficient (Wildman–Crippen LogP) is 3.42. The molecule has 4 rings (SSSR count). The Balaban J connectivity index is 1.66. The molecule has 0 radical (unpaired) electrons. The number of carbonyl (C=O) groups is 1. The van der Waals surface area contributed by atoms with E-state index < -0.39 is 0 Å². The molecule has 0 atom stereocenters. The van der Waals surface area contributed by atoms with E-state index in [4.69, 9.17) is 4.42 Å². The number of aromatic nitrogens is 2. The van der Waals surface area contributed by atoms with E-state index in [9.17, 15) is 14.0 Å². The fourth-order valence-corrected chi connectivity index (χ4v) is 3.22. The first-order chi connectivity index (χ1) is 14.0. The van der Waals surface area contributed by atoms with E-state index in [0.29, 0.717) is 11.3 Å². The molecular formula is C22H18FN3O3. The third-order valence-electron chi connectivity index (χ3n) is 4.66. The molecule has 4 aromatic rings. The maximum Gasteiger partial charge on any atom is 0.262 e. The van der Waals surface area contributed by atoms with Crippen LogP contribution in [0.25, 0.3) is 11.0 Å². The molecule has 7 heteroatoms. The summed E-state index contributed by atoms with van der Waals surface area (Å²) in [5.74, 6) is -0.350. The highest BCUT2D eigenvalue weighted by atomic mass is 19.1. The van der Waals surface area contributed by atoms with Crippen LogP contribution in [0.3, 0.4) is 0 Å². The van der Waals surface area contributed by atoms with Crippen molar-refractivity contribution in [2.75, 3.05) is 0 Å². The van der Waals surface area contributed by atoms with Gasteiger partial charge in [0, 0.05) is 25.1 Å². The zero-order valence-electron chi connectivity index (χ0n) is 15.7. The number of amides is 1. The molecule has 0 fully saturated rings. The predicted molar refractivity (Wildman–Crippen MR) is 106 cm³/mol. The number of benzene rings is 1. The lowest BCUT2D eigenvalue weighted by molar-refractivity contribution is 0.0950. The molecule has 0 aliphatic rings. The summed E-state index contributed by atoms with van der Waals surface area (Å²) in [6.07, 6.45) is 4.92. The van der Waals surface area contributed by atoms with Gasteiger partial charge in [-0.3, -0.25) is 14.6 Å². The van der Waals surface area contributed by atoms with Crippen molar-refractivity contribution in [3.05, 3.63) is 99.7 Å². The smallest absolute Gasteiger partial charge is 0.262 e. The molecule has 6 nitrogen and oxygen atoms in total. The molecule has 1 aromatic carbocycles. The van der Waals surface area contributed by atoms with Gasteiger partial charge in [-0.1, -0.05) is 18.2 Å². The number of pyridine rings is 2. The SMILES string of the molecule is Cc1oc2ccn(Cc3ccc(F)cc3)c(=O)c2c1C(=O)NCc1cccnc1. The highest BCUT2D eigenvalue weighted by Crippen LogP contribution is 2.22. The third-order valence-corrected chi connectivity index (χ3v) is 4.66. The van der Waals surface area contributed by atoms with Crippen molar-refractivity contribution in [3.8, 4) is 0 Å². The molecule has 0 spiro atoms. The van der Waals surface area contributed by atoms with Gasteiger partial charge in [-0.25, -0.2) is 4.39 Å². The topological polar surface area (TPSA) is 77.1 Å². The van der Waals surface area contributed by atoms with Crippen LogP contribution in [0.1, 0.15) is 27.2 Å². The van der Waals surface area contributed by atoms with Crippen LogP contribution >= 0.6 is 0 Å². The second-order valence-corrected chi connectivity index (χ2v) is 6.69. The molecule has 3 aromatic heterocycles. The zero-order chi connectivity index (χ0) is 20.4. The number of furan rings is 1. The number of nitrogens with zero attached hydrogens (tertiary/aromatic N) is 2. The van der Waals surface area contributed by atoms with Gasteiger partial charge in [-0.2, -0.15) is 0 Å². The van der Waals surface area contributed by atoms with Gasteiger partial charge >= 0.3 is 0 Å². The standard InChI is InChI=1S/C22H18FN3O3/c1-14-19(21(27)25-12-16-3-2-9-24-11-16)20-18(29-14)8-10-26(22(20)28)13-15-4-6-17(23)7-5-15/h2-11H,12-13H2,1H3,(H,25,27). The Labute approximate surface area is 165 Å². The van der Waals surface area contributed by atoms with E-state index in [1.165, 1.54) is 16.7 Å². The van der Waals surface area contributed by atoms with E-state index in [2.05, 4.69) is 10.3 Å². The summed E-state index contributed by atoms with van der Waals surface area (Å²) >= 11 is 0. The maximum atomic E-state index is 13.1. The molecule has 0 aliphatic carbocycles. The maximum absolute atomic E-state index is 13.1. The lowest BCUT2D eigenvalue weighted by Crippen LogP contribution is -2.26. The molecule has 0 saturated heterocycles. The van der Waals surface area contributed by atoms with Gasteiger partial charge in [0.25, 0.3) is 11.5 Å². The first-order valence-electron chi connectivity index (χ1n) is 9.07. The number of nitrogens with one attached hydrogen (secondary N) is 1. The number of carbonyl (C=O) groups excluding carboxylic acids is 1. The molecule has 0 saturated carbocycles. The van der Waals surface area contributed by atoms with Crippen molar-refractivity contribution in [1.29, 1.82) is 0 Å². The average molecular weight is 391 g/mol. The summed E-state index contributed by atoms with van der Waals surface area (Å²) in [6.45, 7) is 2.20. The van der Waals surface area contributed by atoms with Crippen LogP contribution in [0, 0.1) is 12.7 Å². The highest BCUT2D eigenvalue weighted by Gasteiger charge is 2.21. The molecule has 1 amide bonds. The van der Waals surface area contributed by atoms with E-state index in [1.807, 2.05) is 6.07 Å². The Hall–Kier alpha value is -3.74. The Morgan fingerprint density at radius 2 is 1.97 bits per heavy atom. The van der Waals surface area contributed by atoms with Gasteiger partial charge in [-0.15, -0.1) is 0 Å². The van der Waals surface area contributed by atoms with Crippen molar-refractivity contribution in [1.82, 2.24) is 14.9 Å². The normalized spacial score (nSPS) is 11.0. The molecule has 1 N–H and O–H groups in total. The minimum absolute atomic E-state index is 0.224. The van der Waals surface area contributed by atoms with Gasteiger partial charge < -0.3 is 14.3 Å².